The van der Waals surface area contributed by atoms with Crippen molar-refractivity contribution in [2.45, 2.75) is 52.4 Å². The average molecular weight is 416 g/mol. The maximum absolute atomic E-state index is 5.64. The van der Waals surface area contributed by atoms with E-state index in [1.807, 2.05) is 0 Å². The molecular weight excluding hydrogens is 382 g/mol. The second-order valence-electron chi connectivity index (χ2n) is 7.84. The van der Waals surface area contributed by atoms with Crippen molar-refractivity contribution in [1.82, 2.24) is 20.5 Å². The van der Waals surface area contributed by atoms with Crippen molar-refractivity contribution in [2.75, 3.05) is 26.7 Å². The van der Waals surface area contributed by atoms with Crippen LogP contribution in [0.4, 0.5) is 0 Å². The van der Waals surface area contributed by atoms with Gasteiger partial charge in [-0.25, -0.2) is 4.98 Å². The summed E-state index contributed by atoms with van der Waals surface area (Å²) in [5, 5.41) is 9.98. The van der Waals surface area contributed by atoms with Gasteiger partial charge in [0.25, 0.3) is 0 Å². The Bertz CT molecular complexity index is 804. The molecule has 1 unspecified atom stereocenters. The first-order valence-electron chi connectivity index (χ1n) is 10.3. The van der Waals surface area contributed by atoms with Gasteiger partial charge in [0, 0.05) is 38.6 Å². The molecule has 3 rings (SSSR count). The molecular formula is C22H33N5OS. The third kappa shape index (κ3) is 6.80. The Balaban J connectivity index is 1.48. The van der Waals surface area contributed by atoms with E-state index in [1.165, 1.54) is 11.1 Å². The van der Waals surface area contributed by atoms with Crippen LogP contribution in [-0.2, 0) is 24.4 Å². The molecule has 7 heteroatoms. The standard InChI is InChI=1S/C22H33N5OS/c1-16(2)20-15-29-21(26-20)12-25-22(23-4)24-11-18-6-5-7-19(10-18)14-27-8-9-28-17(3)13-27/h5-7,10,15-17H,8-9,11-14H2,1-4H3,(H2,23,24,25). The molecule has 1 aliphatic heterocycles. The number of rotatable bonds is 7. The summed E-state index contributed by atoms with van der Waals surface area (Å²) in [5.74, 6) is 1.25. The minimum atomic E-state index is 0.317. The zero-order valence-electron chi connectivity index (χ0n) is 17.9. The molecule has 158 valence electrons. The quantitative estimate of drug-likeness (QED) is 0.536. The fourth-order valence-corrected chi connectivity index (χ4v) is 4.26. The summed E-state index contributed by atoms with van der Waals surface area (Å²) in [5.41, 5.74) is 3.75. The predicted molar refractivity (Wildman–Crippen MR) is 120 cm³/mol. The molecule has 0 saturated carbocycles. The Morgan fingerprint density at radius 1 is 1.31 bits per heavy atom. The van der Waals surface area contributed by atoms with E-state index >= 15 is 0 Å². The first-order chi connectivity index (χ1) is 14.0. The molecule has 1 fully saturated rings. The third-order valence-electron chi connectivity index (χ3n) is 4.97. The number of aromatic nitrogens is 1. The lowest BCUT2D eigenvalue weighted by Gasteiger charge is -2.31. The van der Waals surface area contributed by atoms with Gasteiger partial charge in [0.2, 0.25) is 0 Å². The molecule has 0 spiro atoms. The maximum atomic E-state index is 5.64. The van der Waals surface area contributed by atoms with Gasteiger partial charge in [0.15, 0.2) is 5.96 Å². The highest BCUT2D eigenvalue weighted by Crippen LogP contribution is 2.17. The van der Waals surface area contributed by atoms with E-state index in [1.54, 1.807) is 18.4 Å². The van der Waals surface area contributed by atoms with Crippen molar-refractivity contribution in [3.8, 4) is 0 Å². The van der Waals surface area contributed by atoms with E-state index in [2.05, 4.69) is 75.9 Å². The first kappa shape index (κ1) is 21.7. The van der Waals surface area contributed by atoms with Crippen LogP contribution in [0.3, 0.4) is 0 Å². The highest BCUT2D eigenvalue weighted by molar-refractivity contribution is 7.09. The van der Waals surface area contributed by atoms with Crippen molar-refractivity contribution in [1.29, 1.82) is 0 Å². The van der Waals surface area contributed by atoms with E-state index in [9.17, 15) is 0 Å². The Morgan fingerprint density at radius 3 is 2.83 bits per heavy atom. The van der Waals surface area contributed by atoms with E-state index in [0.717, 1.165) is 49.4 Å². The lowest BCUT2D eigenvalue weighted by molar-refractivity contribution is -0.0212. The van der Waals surface area contributed by atoms with E-state index in [0.29, 0.717) is 18.6 Å². The molecule has 1 saturated heterocycles. The number of nitrogens with one attached hydrogen (secondary N) is 2. The summed E-state index contributed by atoms with van der Waals surface area (Å²) in [6.45, 7) is 11.7. The third-order valence-corrected chi connectivity index (χ3v) is 5.84. The number of guanidine groups is 1. The van der Waals surface area contributed by atoms with Gasteiger partial charge in [-0.15, -0.1) is 11.3 Å². The normalized spacial score (nSPS) is 18.2. The predicted octanol–water partition coefficient (Wildman–Crippen LogP) is 3.35. The van der Waals surface area contributed by atoms with Gasteiger partial charge in [-0.3, -0.25) is 9.89 Å². The number of thiazole rings is 1. The molecule has 1 atom stereocenters. The van der Waals surface area contributed by atoms with Crippen molar-refractivity contribution in [3.05, 3.63) is 51.5 Å². The van der Waals surface area contributed by atoms with Crippen LogP contribution in [-0.4, -0.2) is 48.7 Å². The van der Waals surface area contributed by atoms with Crippen molar-refractivity contribution in [3.63, 3.8) is 0 Å². The molecule has 2 N–H and O–H groups in total. The second kappa shape index (κ2) is 10.7. The molecule has 1 aliphatic rings. The molecule has 6 nitrogen and oxygen atoms in total. The Labute approximate surface area is 178 Å². The molecule has 1 aromatic heterocycles. The summed E-state index contributed by atoms with van der Waals surface area (Å²) in [6.07, 6.45) is 0.317. The highest BCUT2D eigenvalue weighted by atomic mass is 32.1. The summed E-state index contributed by atoms with van der Waals surface area (Å²) in [7, 11) is 1.80. The Morgan fingerprint density at radius 2 is 2.10 bits per heavy atom. The number of nitrogens with zero attached hydrogens (tertiary/aromatic N) is 3. The lowest BCUT2D eigenvalue weighted by atomic mass is 10.1. The minimum absolute atomic E-state index is 0.317. The zero-order chi connectivity index (χ0) is 20.6. The van der Waals surface area contributed by atoms with Gasteiger partial charge in [0.1, 0.15) is 5.01 Å². The van der Waals surface area contributed by atoms with Crippen LogP contribution in [0, 0.1) is 0 Å². The molecule has 0 aliphatic carbocycles. The van der Waals surface area contributed by atoms with Crippen LogP contribution in [0.15, 0.2) is 34.6 Å². The van der Waals surface area contributed by atoms with Gasteiger partial charge >= 0.3 is 0 Å². The van der Waals surface area contributed by atoms with Gasteiger partial charge in [-0.05, 0) is 24.0 Å². The molecule has 1 aromatic carbocycles. The van der Waals surface area contributed by atoms with Crippen LogP contribution < -0.4 is 10.6 Å². The van der Waals surface area contributed by atoms with Crippen LogP contribution in [0.2, 0.25) is 0 Å². The van der Waals surface area contributed by atoms with Crippen LogP contribution in [0.1, 0.15) is 48.5 Å². The minimum Gasteiger partial charge on any atom is -0.376 e. The topological polar surface area (TPSA) is 61.8 Å². The van der Waals surface area contributed by atoms with Crippen LogP contribution >= 0.6 is 11.3 Å². The average Bonchev–Trinajstić information content (AvgIpc) is 3.18. The second-order valence-corrected chi connectivity index (χ2v) is 8.78. The fraction of sp³-hybridized carbons (Fsp3) is 0.545. The molecule has 0 bridgehead atoms. The molecule has 2 heterocycles. The molecule has 0 radical (unpaired) electrons. The number of ether oxygens (including phenoxy) is 1. The number of hydrogen-bond acceptors (Lipinski definition) is 5. The van der Waals surface area contributed by atoms with Gasteiger partial charge in [-0.1, -0.05) is 38.1 Å². The summed E-state index contributed by atoms with van der Waals surface area (Å²) < 4.78 is 5.64. The van der Waals surface area contributed by atoms with Gasteiger partial charge in [0.05, 0.1) is 24.9 Å². The van der Waals surface area contributed by atoms with Crippen molar-refractivity contribution < 1.29 is 4.74 Å². The van der Waals surface area contributed by atoms with Gasteiger partial charge in [-0.2, -0.15) is 0 Å². The monoisotopic (exact) mass is 415 g/mol. The van der Waals surface area contributed by atoms with E-state index in [-0.39, 0.29) is 0 Å². The lowest BCUT2D eigenvalue weighted by Crippen LogP contribution is -2.40. The Kier molecular flexibility index (Phi) is 8.03. The summed E-state index contributed by atoms with van der Waals surface area (Å²) in [4.78, 5) is 11.5. The van der Waals surface area contributed by atoms with Crippen LogP contribution in [0.25, 0.3) is 0 Å². The fourth-order valence-electron chi connectivity index (χ4n) is 3.37. The molecule has 2 aromatic rings. The summed E-state index contributed by atoms with van der Waals surface area (Å²) in [6, 6.07) is 8.76. The number of benzene rings is 1. The zero-order valence-corrected chi connectivity index (χ0v) is 18.8. The first-order valence-corrected chi connectivity index (χ1v) is 11.2. The van der Waals surface area contributed by atoms with E-state index < -0.39 is 0 Å². The maximum Gasteiger partial charge on any atom is 0.191 e. The highest BCUT2D eigenvalue weighted by Gasteiger charge is 2.16. The number of morpholine rings is 1. The van der Waals surface area contributed by atoms with E-state index in [4.69, 9.17) is 4.74 Å². The SMILES string of the molecule is CN=C(NCc1cccc(CN2CCOC(C)C2)c1)NCc1nc(C(C)C)cs1. The van der Waals surface area contributed by atoms with Crippen molar-refractivity contribution in [2.24, 2.45) is 4.99 Å². The molecule has 29 heavy (non-hydrogen) atoms. The van der Waals surface area contributed by atoms with Crippen LogP contribution in [0.5, 0.6) is 0 Å². The smallest absolute Gasteiger partial charge is 0.191 e. The van der Waals surface area contributed by atoms with Gasteiger partial charge < -0.3 is 15.4 Å². The number of aliphatic imine (C=N–C) groups is 1. The largest absolute Gasteiger partial charge is 0.376 e. The van der Waals surface area contributed by atoms with Crippen molar-refractivity contribution >= 4 is 17.3 Å². The molecule has 0 amide bonds. The Hall–Kier alpha value is -1.96. The summed E-state index contributed by atoms with van der Waals surface area (Å²) >= 11 is 1.69. The number of hydrogen-bond donors (Lipinski definition) is 2.